The van der Waals surface area contributed by atoms with E-state index in [1.165, 1.54) is 38.0 Å². The summed E-state index contributed by atoms with van der Waals surface area (Å²) in [6.07, 6.45) is 29.2. The third-order valence-electron chi connectivity index (χ3n) is 38.9. The van der Waals surface area contributed by atoms with Gasteiger partial charge in [-0.25, -0.2) is 0 Å². The van der Waals surface area contributed by atoms with Gasteiger partial charge in [0.25, 0.3) is 0 Å². The summed E-state index contributed by atoms with van der Waals surface area (Å²) in [5.74, 6) is 0.235. The van der Waals surface area contributed by atoms with Crippen LogP contribution in [0.5, 0.6) is 0 Å². The van der Waals surface area contributed by atoms with E-state index in [0.29, 0.717) is 30.2 Å². The Balaban J connectivity index is 0.000000145. The molecule has 12 fully saturated rings. The standard InChI is InChI=1S/2C31H47NO5.C31H47NO4/c2*1-26(2)12-14-31(25(35)37-7)15-13-30(6)24(19(31)17-26)20(34)16-22-27(3)10-9-23(32-36)28(4,18-33)21(27)8-11-29(22,30)5;1-26(2)13-15-31(25(34)36-8)16-14-30(7)24(19(31)18-26)20(33)17-22-28(5)11-10-23(32-35)27(3,4)21(28)9-12-29(22,30)6/h2*16,19,21,24,33,36H,8-15,17-18H2,1-7H3;17,19,21,24,35H,9-16,18H2,1-8H3/b3*32-23+/t19-,21+,24-,27-,28+,29+,30+,31-;19-,21+,24-,27-,28-,29+,30+,31-;19-,21-,24-,28-,29+,30+,31-/m000/s1. The Morgan fingerprint density at radius 2 is 0.618 bits per heavy atom. The molecule has 0 aromatic heterocycles. The number of rotatable bonds is 5. The van der Waals surface area contributed by atoms with Gasteiger partial charge in [0.05, 0.1) is 67.9 Å². The first-order valence-corrected chi connectivity index (χ1v) is 42.9. The molecule has 5 N–H and O–H groups in total. The van der Waals surface area contributed by atoms with Gasteiger partial charge in [0.15, 0.2) is 17.3 Å². The number of oxime groups is 3. The molecule has 15 rings (SSSR count). The lowest BCUT2D eigenvalue weighted by Gasteiger charge is -2.69. The van der Waals surface area contributed by atoms with Crippen LogP contribution in [-0.2, 0) is 43.0 Å². The number of carbonyl (C=O) groups is 6. The van der Waals surface area contributed by atoms with Gasteiger partial charge in [-0.05, 0) is 292 Å². The molecule has 0 bridgehead atoms. The van der Waals surface area contributed by atoms with Crippen LogP contribution in [0, 0.1) is 151 Å². The zero-order valence-electron chi connectivity index (χ0n) is 71.7. The highest BCUT2D eigenvalue weighted by atomic mass is 16.5. The van der Waals surface area contributed by atoms with Crippen LogP contribution in [0.3, 0.4) is 0 Å². The second-order valence-electron chi connectivity index (χ2n) is 45.0. The van der Waals surface area contributed by atoms with Crippen molar-refractivity contribution in [3.8, 4) is 0 Å². The maximum Gasteiger partial charge on any atom is 0.312 e. The number of hydrogen-bond donors (Lipinski definition) is 5. The van der Waals surface area contributed by atoms with Gasteiger partial charge in [-0.3, -0.25) is 28.8 Å². The molecule has 0 aliphatic heterocycles. The number of aliphatic hydroxyl groups is 2. The van der Waals surface area contributed by atoms with Crippen LogP contribution in [0.2, 0.25) is 0 Å². The van der Waals surface area contributed by atoms with Crippen molar-refractivity contribution in [2.24, 2.45) is 166 Å². The van der Waals surface area contributed by atoms with E-state index in [9.17, 15) is 54.6 Å². The average Bonchev–Trinajstić information content (AvgIpc) is 0.680. The summed E-state index contributed by atoms with van der Waals surface area (Å²) in [4.78, 5) is 83.2. The molecule has 612 valence electrons. The molecule has 0 heterocycles. The predicted octanol–water partition coefficient (Wildman–Crippen LogP) is 18.9. The van der Waals surface area contributed by atoms with Crippen LogP contribution in [-0.4, -0.2) is 113 Å². The summed E-state index contributed by atoms with van der Waals surface area (Å²) >= 11 is 0. The zero-order valence-corrected chi connectivity index (χ0v) is 71.7. The molecule has 15 aliphatic rings. The predicted molar refractivity (Wildman–Crippen MR) is 425 cm³/mol. The van der Waals surface area contributed by atoms with E-state index >= 15 is 0 Å². The van der Waals surface area contributed by atoms with Crippen LogP contribution >= 0.6 is 0 Å². The van der Waals surface area contributed by atoms with Crippen molar-refractivity contribution in [2.45, 2.75) is 305 Å². The number of aliphatic hydroxyl groups excluding tert-OH is 2. The number of hydrogen-bond acceptors (Lipinski definition) is 17. The molecule has 0 amide bonds. The molecule has 0 spiro atoms. The molecule has 0 saturated heterocycles. The van der Waals surface area contributed by atoms with E-state index in [0.717, 1.165) is 166 Å². The molecule has 0 radical (unpaired) electrons. The summed E-state index contributed by atoms with van der Waals surface area (Å²) in [6, 6.07) is 0. The highest BCUT2D eigenvalue weighted by Gasteiger charge is 2.76. The van der Waals surface area contributed by atoms with Crippen molar-refractivity contribution in [3.05, 3.63) is 34.9 Å². The second kappa shape index (κ2) is 26.5. The van der Waals surface area contributed by atoms with Crippen molar-refractivity contribution in [1.29, 1.82) is 0 Å². The first kappa shape index (κ1) is 82.9. The van der Waals surface area contributed by atoms with Crippen LogP contribution in [0.1, 0.15) is 305 Å². The smallest absolute Gasteiger partial charge is 0.312 e. The fourth-order valence-electron chi connectivity index (χ4n) is 31.7. The Morgan fingerprint density at radius 1 is 0.364 bits per heavy atom. The summed E-state index contributed by atoms with van der Waals surface area (Å²) in [5.41, 5.74) is 1.49. The molecular weight excluding hydrogens is 1380 g/mol. The fraction of sp³-hybridized carbons (Fsp3) is 0.839. The van der Waals surface area contributed by atoms with E-state index < -0.39 is 27.1 Å². The molecular formula is C93H141N3O14. The van der Waals surface area contributed by atoms with Gasteiger partial charge in [-0.1, -0.05) is 164 Å². The van der Waals surface area contributed by atoms with Crippen LogP contribution in [0.25, 0.3) is 0 Å². The number of ether oxygens (including phenoxy) is 3. The lowest BCUT2D eigenvalue weighted by atomic mass is 9.34. The Labute approximate surface area is 658 Å². The van der Waals surface area contributed by atoms with E-state index in [-0.39, 0.29) is 166 Å². The van der Waals surface area contributed by atoms with Crippen LogP contribution in [0.4, 0.5) is 0 Å². The molecule has 17 nitrogen and oxygen atoms in total. The minimum absolute atomic E-state index is 0.0164. The second-order valence-corrected chi connectivity index (χ2v) is 45.0. The normalized spacial score (nSPS) is 49.2. The molecule has 0 unspecified atom stereocenters. The van der Waals surface area contributed by atoms with Crippen molar-refractivity contribution >= 4 is 52.4 Å². The van der Waals surface area contributed by atoms with Gasteiger partial charge in [-0.2, -0.15) is 0 Å². The Hall–Kier alpha value is -5.03. The van der Waals surface area contributed by atoms with Gasteiger partial charge in [0.1, 0.15) is 0 Å². The Bertz CT molecular complexity index is 3840. The number of ketones is 3. The van der Waals surface area contributed by atoms with Crippen LogP contribution in [0.15, 0.2) is 50.4 Å². The zero-order chi connectivity index (χ0) is 81.0. The first-order valence-electron chi connectivity index (χ1n) is 42.9. The number of nitrogens with zero attached hydrogens (tertiary/aromatic N) is 3. The highest BCUT2D eigenvalue weighted by Crippen LogP contribution is 2.80. The van der Waals surface area contributed by atoms with Crippen molar-refractivity contribution < 1.29 is 68.8 Å². The van der Waals surface area contributed by atoms with Crippen molar-refractivity contribution in [1.82, 2.24) is 0 Å². The van der Waals surface area contributed by atoms with Gasteiger partial charge in [-0.15, -0.1) is 0 Å². The summed E-state index contributed by atoms with van der Waals surface area (Å²) in [6.45, 7) is 43.3. The van der Waals surface area contributed by atoms with Crippen molar-refractivity contribution in [2.75, 3.05) is 34.5 Å². The van der Waals surface area contributed by atoms with Crippen molar-refractivity contribution in [3.63, 3.8) is 0 Å². The summed E-state index contributed by atoms with van der Waals surface area (Å²) < 4.78 is 16.3. The molecule has 0 aromatic rings. The first-order chi connectivity index (χ1) is 51.0. The monoisotopic (exact) mass is 1520 g/mol. The SMILES string of the molecule is COC(=O)[C@]12CCC(C)(C)C[C@H]1[C@H]1C(=O)C=C3[C@@]4(C)CC/C(=N\O)C(C)(C)[C@@H]4CC[C@@]3(C)[C@]1(C)CC2.COC(=O)[C@]12CCC(C)(C)C[C@H]1[C@H]1C(=O)C=C3[C@@]4(C)CC/C(=N\O)[C@@](C)(CO)[C@@H]4CC[C@@]3(C)[C@]1(C)CC2.COC(=O)[C@]12CCC(C)(C)C[C@H]1[C@H]1C(=O)C=C3[C@@]4(C)CC/C(=N\O)[C@](C)(CO)[C@@H]4CC[C@@]3(C)[C@]1(C)CC2. The molecule has 23 atom stereocenters. The van der Waals surface area contributed by atoms with Crippen LogP contribution < -0.4 is 0 Å². The maximum atomic E-state index is 14.4. The summed E-state index contributed by atoms with van der Waals surface area (Å²) in [5, 5.41) is 61.3. The molecule has 110 heavy (non-hydrogen) atoms. The van der Waals surface area contributed by atoms with Gasteiger partial charge in [0, 0.05) is 34.0 Å². The average molecular weight is 1530 g/mol. The van der Waals surface area contributed by atoms with E-state index in [4.69, 9.17) is 14.2 Å². The molecule has 15 aliphatic carbocycles. The summed E-state index contributed by atoms with van der Waals surface area (Å²) in [7, 11) is 4.51. The highest BCUT2D eigenvalue weighted by molar-refractivity contribution is 6.00. The van der Waals surface area contributed by atoms with Gasteiger partial charge >= 0.3 is 17.9 Å². The Morgan fingerprint density at radius 3 is 0.882 bits per heavy atom. The third kappa shape index (κ3) is 10.9. The fourth-order valence-corrected chi connectivity index (χ4v) is 31.7. The van der Waals surface area contributed by atoms with Gasteiger partial charge < -0.3 is 40.0 Å². The molecule has 0 aromatic carbocycles. The third-order valence-corrected chi connectivity index (χ3v) is 38.9. The van der Waals surface area contributed by atoms with Gasteiger partial charge in [0.2, 0.25) is 0 Å². The number of esters is 3. The van der Waals surface area contributed by atoms with E-state index in [2.05, 4.69) is 133 Å². The quantitative estimate of drug-likeness (QED) is 0.0742. The maximum absolute atomic E-state index is 14.4. The topological polar surface area (TPSA) is 268 Å². The largest absolute Gasteiger partial charge is 0.469 e. The van der Waals surface area contributed by atoms with E-state index in [1.54, 1.807) is 0 Å². The molecule has 12 saturated carbocycles. The lowest BCUT2D eigenvalue weighted by molar-refractivity contribution is -0.193. The number of allylic oxidation sites excluding steroid dienone is 6. The molecule has 17 heteroatoms. The lowest BCUT2D eigenvalue weighted by Crippen LogP contribution is -2.66. The number of methoxy groups -OCH3 is 3. The number of fused-ring (bicyclic) bond motifs is 21. The van der Waals surface area contributed by atoms with E-state index in [1.807, 2.05) is 32.1 Å². The Kier molecular flexibility index (Phi) is 20.0. The minimum Gasteiger partial charge on any atom is -0.469 e. The number of carbonyl (C=O) groups excluding carboxylic acids is 6. The minimum atomic E-state index is -0.606.